The van der Waals surface area contributed by atoms with Crippen molar-refractivity contribution in [2.45, 2.75) is 25.4 Å². The summed E-state index contributed by atoms with van der Waals surface area (Å²) in [5.74, 6) is -0.430. The van der Waals surface area contributed by atoms with Gasteiger partial charge in [-0.05, 0) is 31.4 Å². The predicted octanol–water partition coefficient (Wildman–Crippen LogP) is 2.35. The zero-order valence-electron chi connectivity index (χ0n) is 12.6. The molecule has 0 unspecified atom stereocenters. The standard InChI is InChI=1S/C15H21FN2O3.ClH/c1-20-8-7-17-10-15(19)18-11-5-6-14(13(16)9-11)21-12-3-2-4-12;/h5-6,9,12,17H,2-4,7-8,10H2,1H3,(H,18,19);1H. The van der Waals surface area contributed by atoms with Crippen molar-refractivity contribution in [2.24, 2.45) is 0 Å². The second-order valence-corrected chi connectivity index (χ2v) is 5.03. The van der Waals surface area contributed by atoms with Gasteiger partial charge in [0.25, 0.3) is 0 Å². The fourth-order valence-electron chi connectivity index (χ4n) is 1.92. The van der Waals surface area contributed by atoms with Crippen LogP contribution in [0, 0.1) is 5.82 Å². The Morgan fingerprint density at radius 2 is 2.18 bits per heavy atom. The highest BCUT2D eigenvalue weighted by molar-refractivity contribution is 5.92. The lowest BCUT2D eigenvalue weighted by Gasteiger charge is -2.26. The number of rotatable bonds is 8. The van der Waals surface area contributed by atoms with Gasteiger partial charge in [0.05, 0.1) is 19.3 Å². The topological polar surface area (TPSA) is 59.6 Å². The molecule has 0 spiro atoms. The van der Waals surface area contributed by atoms with E-state index in [-0.39, 0.29) is 36.7 Å². The van der Waals surface area contributed by atoms with Gasteiger partial charge in [-0.2, -0.15) is 0 Å². The minimum atomic E-state index is -0.452. The molecule has 1 aliphatic carbocycles. The summed E-state index contributed by atoms with van der Waals surface area (Å²) in [6, 6.07) is 4.48. The van der Waals surface area contributed by atoms with Crippen molar-refractivity contribution < 1.29 is 18.7 Å². The molecule has 7 heteroatoms. The maximum absolute atomic E-state index is 13.9. The van der Waals surface area contributed by atoms with Crippen molar-refractivity contribution in [2.75, 3.05) is 32.1 Å². The van der Waals surface area contributed by atoms with Gasteiger partial charge in [-0.15, -0.1) is 12.4 Å². The van der Waals surface area contributed by atoms with Crippen LogP contribution in [0.1, 0.15) is 19.3 Å². The number of amides is 1. The lowest BCUT2D eigenvalue weighted by atomic mass is 9.96. The summed E-state index contributed by atoms with van der Waals surface area (Å²) in [5, 5.41) is 5.55. The molecule has 124 valence electrons. The summed E-state index contributed by atoms with van der Waals surface area (Å²) >= 11 is 0. The van der Waals surface area contributed by atoms with Gasteiger partial charge in [-0.1, -0.05) is 0 Å². The summed E-state index contributed by atoms with van der Waals surface area (Å²) in [4.78, 5) is 11.6. The molecule has 0 radical (unpaired) electrons. The number of ether oxygens (including phenoxy) is 2. The Morgan fingerprint density at radius 1 is 1.41 bits per heavy atom. The van der Waals surface area contributed by atoms with E-state index in [0.29, 0.717) is 18.8 Å². The first kappa shape index (κ1) is 18.7. The smallest absolute Gasteiger partial charge is 0.238 e. The summed E-state index contributed by atoms with van der Waals surface area (Å²) in [5.41, 5.74) is 0.423. The average molecular weight is 333 g/mol. The molecule has 1 saturated carbocycles. The SMILES string of the molecule is COCCNCC(=O)Nc1ccc(OC2CCC2)c(F)c1.Cl. The van der Waals surface area contributed by atoms with E-state index in [4.69, 9.17) is 9.47 Å². The third kappa shape index (κ3) is 5.79. The van der Waals surface area contributed by atoms with E-state index >= 15 is 0 Å². The van der Waals surface area contributed by atoms with Gasteiger partial charge in [0.2, 0.25) is 5.91 Å². The fraction of sp³-hybridized carbons (Fsp3) is 0.533. The largest absolute Gasteiger partial charge is 0.487 e. The highest BCUT2D eigenvalue weighted by Crippen LogP contribution is 2.28. The molecule has 1 fully saturated rings. The second-order valence-electron chi connectivity index (χ2n) is 5.03. The first-order valence-electron chi connectivity index (χ1n) is 7.15. The molecule has 0 aliphatic heterocycles. The van der Waals surface area contributed by atoms with E-state index in [0.717, 1.165) is 19.3 Å². The first-order valence-corrected chi connectivity index (χ1v) is 7.15. The molecule has 1 aromatic carbocycles. The van der Waals surface area contributed by atoms with Crippen LogP contribution in [0.2, 0.25) is 0 Å². The molecule has 5 nitrogen and oxygen atoms in total. The van der Waals surface area contributed by atoms with Crippen molar-refractivity contribution in [1.29, 1.82) is 0 Å². The van der Waals surface area contributed by atoms with Gasteiger partial charge in [0, 0.05) is 25.4 Å². The number of benzene rings is 1. The Morgan fingerprint density at radius 3 is 2.77 bits per heavy atom. The number of anilines is 1. The van der Waals surface area contributed by atoms with Gasteiger partial charge in [-0.3, -0.25) is 4.79 Å². The molecule has 0 bridgehead atoms. The summed E-state index contributed by atoms with van der Waals surface area (Å²) < 4.78 is 24.2. The number of carbonyl (C=O) groups is 1. The first-order chi connectivity index (χ1) is 10.2. The lowest BCUT2D eigenvalue weighted by Crippen LogP contribution is -2.30. The Hall–Kier alpha value is -1.37. The molecular formula is C15H22ClFN2O3. The summed E-state index contributed by atoms with van der Waals surface area (Å²) in [6.45, 7) is 1.28. The van der Waals surface area contributed by atoms with Crippen LogP contribution in [0.25, 0.3) is 0 Å². The molecule has 0 atom stereocenters. The van der Waals surface area contributed by atoms with Crippen molar-refractivity contribution in [1.82, 2.24) is 5.32 Å². The summed E-state index contributed by atoms with van der Waals surface area (Å²) in [6.07, 6.45) is 3.22. The Kier molecular flexibility index (Phi) is 8.16. The summed E-state index contributed by atoms with van der Waals surface area (Å²) in [7, 11) is 1.60. The van der Waals surface area contributed by atoms with Crippen LogP contribution in [-0.4, -0.2) is 38.8 Å². The van der Waals surface area contributed by atoms with E-state index < -0.39 is 5.82 Å². The van der Waals surface area contributed by atoms with E-state index in [1.807, 2.05) is 0 Å². The lowest BCUT2D eigenvalue weighted by molar-refractivity contribution is -0.115. The quantitative estimate of drug-likeness (QED) is 0.717. The molecule has 1 aliphatic rings. The van der Waals surface area contributed by atoms with E-state index in [2.05, 4.69) is 10.6 Å². The van der Waals surface area contributed by atoms with Crippen LogP contribution in [0.5, 0.6) is 5.75 Å². The molecule has 0 saturated heterocycles. The van der Waals surface area contributed by atoms with E-state index in [1.165, 1.54) is 6.07 Å². The molecule has 2 rings (SSSR count). The number of carbonyl (C=O) groups excluding carboxylic acids is 1. The van der Waals surface area contributed by atoms with Crippen LogP contribution in [-0.2, 0) is 9.53 Å². The number of methoxy groups -OCH3 is 1. The van der Waals surface area contributed by atoms with Crippen molar-refractivity contribution in [3.63, 3.8) is 0 Å². The Labute approximate surface area is 136 Å². The zero-order valence-corrected chi connectivity index (χ0v) is 13.4. The molecule has 0 heterocycles. The highest BCUT2D eigenvalue weighted by Gasteiger charge is 2.20. The van der Waals surface area contributed by atoms with Crippen molar-refractivity contribution in [3.05, 3.63) is 24.0 Å². The maximum Gasteiger partial charge on any atom is 0.238 e. The van der Waals surface area contributed by atoms with Gasteiger partial charge < -0.3 is 20.1 Å². The minimum absolute atomic E-state index is 0. The maximum atomic E-state index is 13.9. The third-order valence-corrected chi connectivity index (χ3v) is 3.33. The highest BCUT2D eigenvalue weighted by atomic mass is 35.5. The van der Waals surface area contributed by atoms with Crippen LogP contribution in [0.4, 0.5) is 10.1 Å². The van der Waals surface area contributed by atoms with Gasteiger partial charge in [0.15, 0.2) is 11.6 Å². The molecule has 2 N–H and O–H groups in total. The van der Waals surface area contributed by atoms with Crippen LogP contribution in [0.15, 0.2) is 18.2 Å². The van der Waals surface area contributed by atoms with Gasteiger partial charge in [0.1, 0.15) is 0 Å². The monoisotopic (exact) mass is 332 g/mol. The zero-order chi connectivity index (χ0) is 15.1. The molecule has 22 heavy (non-hydrogen) atoms. The van der Waals surface area contributed by atoms with E-state index in [9.17, 15) is 9.18 Å². The number of hydrogen-bond donors (Lipinski definition) is 2. The fourth-order valence-corrected chi connectivity index (χ4v) is 1.92. The minimum Gasteiger partial charge on any atom is -0.487 e. The van der Waals surface area contributed by atoms with Crippen molar-refractivity contribution in [3.8, 4) is 5.75 Å². The van der Waals surface area contributed by atoms with Crippen molar-refractivity contribution >= 4 is 24.0 Å². The van der Waals surface area contributed by atoms with Gasteiger partial charge >= 0.3 is 0 Å². The molecule has 1 aromatic rings. The Balaban J connectivity index is 0.00000242. The van der Waals surface area contributed by atoms with Crippen LogP contribution >= 0.6 is 12.4 Å². The van der Waals surface area contributed by atoms with Crippen LogP contribution < -0.4 is 15.4 Å². The molecule has 0 aromatic heterocycles. The van der Waals surface area contributed by atoms with Gasteiger partial charge in [-0.25, -0.2) is 4.39 Å². The number of halogens is 2. The number of nitrogens with one attached hydrogen (secondary N) is 2. The average Bonchev–Trinajstić information content (AvgIpc) is 2.41. The number of hydrogen-bond acceptors (Lipinski definition) is 4. The normalized spacial score (nSPS) is 13.9. The van der Waals surface area contributed by atoms with Crippen LogP contribution in [0.3, 0.4) is 0 Å². The molecule has 1 amide bonds. The Bertz CT molecular complexity index is 484. The van der Waals surface area contributed by atoms with E-state index in [1.54, 1.807) is 19.2 Å². The predicted molar refractivity (Wildman–Crippen MR) is 85.3 cm³/mol. The second kappa shape index (κ2) is 9.61. The molecular weight excluding hydrogens is 311 g/mol. The third-order valence-electron chi connectivity index (χ3n) is 3.33.